The molecule has 0 saturated heterocycles. The molecule has 0 amide bonds. The molecule has 0 heterocycles. The van der Waals surface area contributed by atoms with Crippen molar-refractivity contribution in [2.75, 3.05) is 0 Å². The molecule has 0 saturated carbocycles. The third kappa shape index (κ3) is 4.58. The van der Waals surface area contributed by atoms with Crippen LogP contribution in [0.25, 0.3) is 22.3 Å². The molecular weight excluding hydrogens is 379 g/mol. The Bertz CT molecular complexity index is 1080. The van der Waals surface area contributed by atoms with Gasteiger partial charge in [0.2, 0.25) is 0 Å². The van der Waals surface area contributed by atoms with E-state index < -0.39 is 5.82 Å². The summed E-state index contributed by atoms with van der Waals surface area (Å²) in [4.78, 5) is 0. The molecule has 0 N–H and O–H groups in total. The van der Waals surface area contributed by atoms with Crippen LogP contribution in [0, 0.1) is 5.82 Å². The Morgan fingerprint density at radius 3 is 1.79 bits per heavy atom. The van der Waals surface area contributed by atoms with E-state index >= 15 is 0 Å². The fraction of sp³-hybridized carbons (Fsp3) is 0.111. The van der Waals surface area contributed by atoms with Crippen molar-refractivity contribution < 1.29 is 4.39 Å². The molecule has 0 aliphatic carbocycles. The van der Waals surface area contributed by atoms with Crippen LogP contribution >= 0.6 is 11.6 Å². The molecule has 0 aliphatic heterocycles. The molecule has 0 fully saturated rings. The predicted octanol–water partition coefficient (Wildman–Crippen LogP) is 8.16. The van der Waals surface area contributed by atoms with Gasteiger partial charge in [-0.25, -0.2) is 4.39 Å². The Labute approximate surface area is 176 Å². The summed E-state index contributed by atoms with van der Waals surface area (Å²) in [5.74, 6) is 0.0923. The fourth-order valence-electron chi connectivity index (χ4n) is 3.62. The number of halogens is 2. The lowest BCUT2D eigenvalue weighted by Crippen LogP contribution is -1.98. The number of hydrogen-bond donors (Lipinski definition) is 0. The highest BCUT2D eigenvalue weighted by atomic mass is 35.5. The zero-order valence-electron chi connectivity index (χ0n) is 16.3. The summed E-state index contributed by atoms with van der Waals surface area (Å²) in [7, 11) is 0. The van der Waals surface area contributed by atoms with Crippen LogP contribution in [0.4, 0.5) is 4.39 Å². The molecule has 0 nitrogen and oxygen atoms in total. The van der Waals surface area contributed by atoms with Crippen molar-refractivity contribution in [2.45, 2.75) is 19.3 Å². The van der Waals surface area contributed by atoms with E-state index in [2.05, 4.69) is 73.7 Å². The van der Waals surface area contributed by atoms with Gasteiger partial charge in [0.15, 0.2) is 0 Å². The van der Waals surface area contributed by atoms with E-state index in [-0.39, 0.29) is 5.02 Å². The van der Waals surface area contributed by atoms with Crippen LogP contribution < -0.4 is 0 Å². The van der Waals surface area contributed by atoms with Gasteiger partial charge in [0, 0.05) is 0 Å². The summed E-state index contributed by atoms with van der Waals surface area (Å²) in [5, 5.41) is 0.145. The van der Waals surface area contributed by atoms with Crippen molar-refractivity contribution in [2.24, 2.45) is 0 Å². The van der Waals surface area contributed by atoms with Gasteiger partial charge in [-0.05, 0) is 57.9 Å². The van der Waals surface area contributed by atoms with Crippen molar-refractivity contribution in [1.29, 1.82) is 0 Å². The van der Waals surface area contributed by atoms with Crippen molar-refractivity contribution >= 4 is 11.6 Å². The third-order valence-electron chi connectivity index (χ3n) is 5.34. The van der Waals surface area contributed by atoms with E-state index in [9.17, 15) is 4.39 Å². The van der Waals surface area contributed by atoms with E-state index in [1.165, 1.54) is 22.8 Å². The molecule has 0 unspecified atom stereocenters. The standard InChI is InChI=1S/C27H22ClF/c1-19(21-5-3-2-4-6-21)17-20-7-9-22(10-8-20)23-11-13-24(14-12-23)25-15-16-26(28)27(29)18-25/h2-16,18-19H,17H2,1H3/t19-/m1/s1. The van der Waals surface area contributed by atoms with Gasteiger partial charge in [0.1, 0.15) is 5.82 Å². The van der Waals surface area contributed by atoms with Crippen LogP contribution in [-0.2, 0) is 6.42 Å². The Kier molecular flexibility index (Phi) is 5.78. The summed E-state index contributed by atoms with van der Waals surface area (Å²) in [6.45, 7) is 2.27. The Balaban J connectivity index is 1.48. The van der Waals surface area contributed by atoms with Crippen LogP contribution in [0.2, 0.25) is 5.02 Å². The van der Waals surface area contributed by atoms with Crippen LogP contribution in [0.5, 0.6) is 0 Å². The smallest absolute Gasteiger partial charge is 0.142 e. The average molecular weight is 401 g/mol. The second kappa shape index (κ2) is 8.63. The molecule has 2 heteroatoms. The molecule has 29 heavy (non-hydrogen) atoms. The Hall–Kier alpha value is -2.90. The minimum Gasteiger partial charge on any atom is -0.205 e. The van der Waals surface area contributed by atoms with Gasteiger partial charge in [0.25, 0.3) is 0 Å². The topological polar surface area (TPSA) is 0 Å². The lowest BCUT2D eigenvalue weighted by atomic mass is 9.92. The van der Waals surface area contributed by atoms with Gasteiger partial charge in [0.05, 0.1) is 5.02 Å². The molecule has 0 spiro atoms. The maximum Gasteiger partial charge on any atom is 0.142 e. The second-order valence-electron chi connectivity index (χ2n) is 7.42. The van der Waals surface area contributed by atoms with E-state index in [0.717, 1.165) is 23.1 Å². The maximum atomic E-state index is 13.7. The second-order valence-corrected chi connectivity index (χ2v) is 7.83. The lowest BCUT2D eigenvalue weighted by Gasteiger charge is -2.12. The number of benzene rings is 4. The first-order valence-electron chi connectivity index (χ1n) is 9.80. The molecule has 144 valence electrons. The highest BCUT2D eigenvalue weighted by Crippen LogP contribution is 2.28. The van der Waals surface area contributed by atoms with E-state index in [1.54, 1.807) is 6.07 Å². The molecule has 4 aromatic carbocycles. The van der Waals surface area contributed by atoms with E-state index in [4.69, 9.17) is 11.6 Å². The first-order chi connectivity index (χ1) is 14.1. The molecular formula is C27H22ClF. The monoisotopic (exact) mass is 400 g/mol. The molecule has 0 radical (unpaired) electrons. The van der Waals surface area contributed by atoms with Gasteiger partial charge in [-0.1, -0.05) is 103 Å². The maximum absolute atomic E-state index is 13.7. The largest absolute Gasteiger partial charge is 0.205 e. The fourth-order valence-corrected chi connectivity index (χ4v) is 3.73. The van der Waals surface area contributed by atoms with Crippen LogP contribution in [-0.4, -0.2) is 0 Å². The predicted molar refractivity (Wildman–Crippen MR) is 121 cm³/mol. The lowest BCUT2D eigenvalue weighted by molar-refractivity contribution is 0.629. The van der Waals surface area contributed by atoms with Gasteiger partial charge in [-0.3, -0.25) is 0 Å². The van der Waals surface area contributed by atoms with Crippen molar-refractivity contribution in [3.05, 3.63) is 119 Å². The van der Waals surface area contributed by atoms with E-state index in [1.807, 2.05) is 18.2 Å². The SMILES string of the molecule is C[C@H](Cc1ccc(-c2ccc(-c3ccc(Cl)c(F)c3)cc2)cc1)c1ccccc1. The first kappa shape index (κ1) is 19.4. The third-order valence-corrected chi connectivity index (χ3v) is 5.64. The van der Waals surface area contributed by atoms with Gasteiger partial charge >= 0.3 is 0 Å². The van der Waals surface area contributed by atoms with Crippen molar-refractivity contribution in [3.8, 4) is 22.3 Å². The molecule has 1 atom stereocenters. The quantitative estimate of drug-likeness (QED) is 0.317. The molecule has 0 aliphatic rings. The Morgan fingerprint density at radius 2 is 1.21 bits per heavy atom. The summed E-state index contributed by atoms with van der Waals surface area (Å²) >= 11 is 5.78. The highest BCUT2D eigenvalue weighted by Gasteiger charge is 2.07. The van der Waals surface area contributed by atoms with Gasteiger partial charge < -0.3 is 0 Å². The molecule has 4 aromatic rings. The summed E-state index contributed by atoms with van der Waals surface area (Å²) in [6.07, 6.45) is 1.02. The minimum atomic E-state index is -0.395. The molecule has 4 rings (SSSR count). The van der Waals surface area contributed by atoms with Crippen LogP contribution in [0.3, 0.4) is 0 Å². The zero-order valence-corrected chi connectivity index (χ0v) is 17.0. The van der Waals surface area contributed by atoms with E-state index in [0.29, 0.717) is 5.92 Å². The van der Waals surface area contributed by atoms with Crippen molar-refractivity contribution in [3.63, 3.8) is 0 Å². The first-order valence-corrected chi connectivity index (χ1v) is 10.2. The van der Waals surface area contributed by atoms with Crippen LogP contribution in [0.15, 0.2) is 97.1 Å². The van der Waals surface area contributed by atoms with Crippen molar-refractivity contribution in [1.82, 2.24) is 0 Å². The minimum absolute atomic E-state index is 0.145. The van der Waals surface area contributed by atoms with Crippen LogP contribution in [0.1, 0.15) is 24.0 Å². The summed E-state index contributed by atoms with van der Waals surface area (Å²) < 4.78 is 13.7. The Morgan fingerprint density at radius 1 is 0.690 bits per heavy atom. The van der Waals surface area contributed by atoms with Gasteiger partial charge in [-0.15, -0.1) is 0 Å². The summed E-state index contributed by atoms with van der Waals surface area (Å²) in [6, 6.07) is 32.5. The highest BCUT2D eigenvalue weighted by molar-refractivity contribution is 6.30. The molecule has 0 aromatic heterocycles. The normalized spacial score (nSPS) is 12.0. The number of rotatable bonds is 5. The average Bonchev–Trinajstić information content (AvgIpc) is 2.77. The number of hydrogen-bond acceptors (Lipinski definition) is 0. The van der Waals surface area contributed by atoms with Gasteiger partial charge in [-0.2, -0.15) is 0 Å². The summed E-state index contributed by atoms with van der Waals surface area (Å²) in [5.41, 5.74) is 6.81. The zero-order chi connectivity index (χ0) is 20.2. The molecule has 0 bridgehead atoms.